The van der Waals surface area contributed by atoms with Gasteiger partial charge in [0.05, 0.1) is 11.4 Å². The number of fused-ring (bicyclic) bond motifs is 2. The number of rotatable bonds is 5. The molecule has 1 aliphatic heterocycles. The van der Waals surface area contributed by atoms with Gasteiger partial charge < -0.3 is 25.4 Å². The van der Waals surface area contributed by atoms with Crippen molar-refractivity contribution >= 4 is 22.3 Å². The normalized spacial score (nSPS) is 18.2. The SMILES string of the molecule is O[C@H]([C@H](O)[C@H](O)c1cc2ccccc2[nH]1)[C@@H](O)C1=Nc2ccccc2C1. The lowest BCUT2D eigenvalue weighted by Gasteiger charge is -2.26. The van der Waals surface area contributed by atoms with Gasteiger partial charge in [0.15, 0.2) is 0 Å². The highest BCUT2D eigenvalue weighted by Crippen LogP contribution is 2.29. The Kier molecular flexibility index (Phi) is 4.34. The largest absolute Gasteiger partial charge is 0.387 e. The van der Waals surface area contributed by atoms with Crippen LogP contribution < -0.4 is 0 Å². The minimum atomic E-state index is -1.57. The molecule has 134 valence electrons. The Morgan fingerprint density at radius 3 is 2.31 bits per heavy atom. The zero-order valence-corrected chi connectivity index (χ0v) is 13.9. The van der Waals surface area contributed by atoms with E-state index >= 15 is 0 Å². The second-order valence-corrected chi connectivity index (χ2v) is 6.59. The number of nitrogens with zero attached hydrogens (tertiary/aromatic N) is 1. The molecule has 0 fully saturated rings. The third kappa shape index (κ3) is 2.93. The summed E-state index contributed by atoms with van der Waals surface area (Å²) in [4.78, 5) is 7.35. The van der Waals surface area contributed by atoms with Crippen molar-refractivity contribution in [1.82, 2.24) is 4.98 Å². The molecule has 2 heterocycles. The van der Waals surface area contributed by atoms with Crippen LogP contribution in [0.15, 0.2) is 59.6 Å². The van der Waals surface area contributed by atoms with E-state index in [1.165, 1.54) is 0 Å². The minimum Gasteiger partial charge on any atom is -0.387 e. The first kappa shape index (κ1) is 16.9. The van der Waals surface area contributed by atoms with E-state index in [0.717, 1.165) is 22.2 Å². The number of aliphatic hydroxyl groups excluding tert-OH is 4. The predicted molar refractivity (Wildman–Crippen MR) is 98.5 cm³/mol. The van der Waals surface area contributed by atoms with Gasteiger partial charge in [-0.2, -0.15) is 0 Å². The van der Waals surface area contributed by atoms with Crippen molar-refractivity contribution in [2.45, 2.75) is 30.8 Å². The van der Waals surface area contributed by atoms with Crippen LogP contribution in [-0.4, -0.2) is 49.4 Å². The molecular weight excluding hydrogens is 332 g/mol. The van der Waals surface area contributed by atoms with Gasteiger partial charge in [0.25, 0.3) is 0 Å². The summed E-state index contributed by atoms with van der Waals surface area (Å²) in [5, 5.41) is 42.5. The molecule has 4 atom stereocenters. The van der Waals surface area contributed by atoms with Crippen LogP contribution in [0.5, 0.6) is 0 Å². The molecule has 0 bridgehead atoms. The quantitative estimate of drug-likeness (QED) is 0.481. The summed E-state index contributed by atoms with van der Waals surface area (Å²) in [6, 6.07) is 16.6. The Labute approximate surface area is 150 Å². The first-order valence-corrected chi connectivity index (χ1v) is 8.50. The number of H-pyrrole nitrogens is 1. The molecule has 0 radical (unpaired) electrons. The molecule has 0 amide bonds. The molecule has 0 aliphatic carbocycles. The Balaban J connectivity index is 1.51. The average Bonchev–Trinajstić information content (AvgIpc) is 3.29. The number of aromatic amines is 1. The summed E-state index contributed by atoms with van der Waals surface area (Å²) >= 11 is 0. The second-order valence-electron chi connectivity index (χ2n) is 6.59. The molecule has 6 heteroatoms. The van der Waals surface area contributed by atoms with E-state index in [1.807, 2.05) is 48.5 Å². The lowest BCUT2D eigenvalue weighted by molar-refractivity contribution is -0.0913. The first-order chi connectivity index (χ1) is 12.5. The van der Waals surface area contributed by atoms with E-state index in [0.29, 0.717) is 17.8 Å². The molecule has 0 unspecified atom stereocenters. The van der Waals surface area contributed by atoms with Crippen molar-refractivity contribution < 1.29 is 20.4 Å². The molecule has 0 saturated heterocycles. The minimum absolute atomic E-state index is 0.376. The fraction of sp³-hybridized carbons (Fsp3) is 0.250. The van der Waals surface area contributed by atoms with Crippen LogP contribution in [0.4, 0.5) is 5.69 Å². The summed E-state index contributed by atoms with van der Waals surface area (Å²) in [6.07, 6.45) is -5.45. The number of aliphatic hydroxyl groups is 4. The molecule has 3 aromatic rings. The standard InChI is InChI=1S/C20H20N2O4/c23-17(15-9-11-5-1-3-7-13(11)21-15)19(25)20(26)18(24)16-10-12-6-2-4-8-14(12)22-16/h1-9,17-21,23-26H,10H2/t17-,18+,19-,20+/m1/s1. The maximum absolute atomic E-state index is 10.4. The molecule has 2 aromatic carbocycles. The summed E-state index contributed by atoms with van der Waals surface area (Å²) in [5.41, 5.74) is 3.28. The fourth-order valence-corrected chi connectivity index (χ4v) is 3.34. The van der Waals surface area contributed by atoms with Gasteiger partial charge in [-0.05, 0) is 29.1 Å². The third-order valence-corrected chi connectivity index (χ3v) is 4.83. The summed E-state index contributed by atoms with van der Waals surface area (Å²) in [7, 11) is 0. The van der Waals surface area contributed by atoms with E-state index in [-0.39, 0.29) is 0 Å². The van der Waals surface area contributed by atoms with Gasteiger partial charge in [0.1, 0.15) is 24.4 Å². The number of benzene rings is 2. The van der Waals surface area contributed by atoms with Gasteiger partial charge in [-0.3, -0.25) is 4.99 Å². The Bertz CT molecular complexity index is 932. The lowest BCUT2D eigenvalue weighted by Crippen LogP contribution is -2.45. The van der Waals surface area contributed by atoms with Gasteiger partial charge in [-0.25, -0.2) is 0 Å². The van der Waals surface area contributed by atoms with Crippen LogP contribution in [0.3, 0.4) is 0 Å². The van der Waals surface area contributed by atoms with Crippen molar-refractivity contribution in [2.75, 3.05) is 0 Å². The number of nitrogens with one attached hydrogen (secondary N) is 1. The van der Waals surface area contributed by atoms with Crippen LogP contribution in [0.25, 0.3) is 10.9 Å². The predicted octanol–water partition coefficient (Wildman–Crippen LogP) is 1.61. The van der Waals surface area contributed by atoms with E-state index < -0.39 is 24.4 Å². The molecule has 6 nitrogen and oxygen atoms in total. The smallest absolute Gasteiger partial charge is 0.122 e. The average molecular weight is 352 g/mol. The van der Waals surface area contributed by atoms with E-state index in [2.05, 4.69) is 9.98 Å². The second kappa shape index (κ2) is 6.66. The first-order valence-electron chi connectivity index (χ1n) is 8.50. The molecular formula is C20H20N2O4. The van der Waals surface area contributed by atoms with Crippen LogP contribution >= 0.6 is 0 Å². The summed E-state index contributed by atoms with van der Waals surface area (Å²) < 4.78 is 0. The van der Waals surface area contributed by atoms with Gasteiger partial charge in [0.2, 0.25) is 0 Å². The van der Waals surface area contributed by atoms with Gasteiger partial charge in [-0.15, -0.1) is 0 Å². The molecule has 26 heavy (non-hydrogen) atoms. The Hall–Kier alpha value is -2.51. The molecule has 1 aliphatic rings. The number of hydrogen-bond acceptors (Lipinski definition) is 5. The number of aromatic nitrogens is 1. The summed E-state index contributed by atoms with van der Waals surface area (Å²) in [5.74, 6) is 0. The molecule has 4 rings (SSSR count). The maximum atomic E-state index is 10.4. The lowest BCUT2D eigenvalue weighted by atomic mass is 9.96. The van der Waals surface area contributed by atoms with Crippen molar-refractivity contribution in [3.05, 3.63) is 65.9 Å². The van der Waals surface area contributed by atoms with E-state index in [9.17, 15) is 20.4 Å². The Morgan fingerprint density at radius 1 is 0.846 bits per heavy atom. The topological polar surface area (TPSA) is 109 Å². The van der Waals surface area contributed by atoms with Gasteiger partial charge in [0, 0.05) is 17.6 Å². The van der Waals surface area contributed by atoms with Crippen LogP contribution in [0, 0.1) is 0 Å². The monoisotopic (exact) mass is 352 g/mol. The zero-order chi connectivity index (χ0) is 18.3. The van der Waals surface area contributed by atoms with E-state index in [4.69, 9.17) is 0 Å². The zero-order valence-electron chi connectivity index (χ0n) is 13.9. The maximum Gasteiger partial charge on any atom is 0.122 e. The summed E-state index contributed by atoms with van der Waals surface area (Å²) in [6.45, 7) is 0. The molecule has 0 saturated carbocycles. The molecule has 5 N–H and O–H groups in total. The molecule has 0 spiro atoms. The number of aliphatic imine (C=N–C) groups is 1. The van der Waals surface area contributed by atoms with Crippen molar-refractivity contribution in [3.8, 4) is 0 Å². The Morgan fingerprint density at radius 2 is 1.54 bits per heavy atom. The highest BCUT2D eigenvalue weighted by molar-refractivity contribution is 5.97. The number of hydrogen-bond donors (Lipinski definition) is 5. The van der Waals surface area contributed by atoms with Crippen LogP contribution in [0.1, 0.15) is 17.4 Å². The van der Waals surface area contributed by atoms with Crippen molar-refractivity contribution in [3.63, 3.8) is 0 Å². The van der Waals surface area contributed by atoms with Crippen molar-refractivity contribution in [1.29, 1.82) is 0 Å². The fourth-order valence-electron chi connectivity index (χ4n) is 3.34. The number of para-hydroxylation sites is 2. The van der Waals surface area contributed by atoms with Crippen LogP contribution in [-0.2, 0) is 6.42 Å². The highest BCUT2D eigenvalue weighted by Gasteiger charge is 2.35. The van der Waals surface area contributed by atoms with Gasteiger partial charge >= 0.3 is 0 Å². The van der Waals surface area contributed by atoms with Gasteiger partial charge in [-0.1, -0.05) is 36.4 Å². The van der Waals surface area contributed by atoms with Crippen LogP contribution in [0.2, 0.25) is 0 Å². The molecule has 1 aromatic heterocycles. The van der Waals surface area contributed by atoms with E-state index in [1.54, 1.807) is 6.07 Å². The van der Waals surface area contributed by atoms with Crippen molar-refractivity contribution in [2.24, 2.45) is 4.99 Å². The third-order valence-electron chi connectivity index (χ3n) is 4.83. The highest BCUT2D eigenvalue weighted by atomic mass is 16.4.